The van der Waals surface area contributed by atoms with Crippen LogP contribution in [-0.2, 0) is 0 Å². The third-order valence-corrected chi connectivity index (χ3v) is 10.1. The predicted octanol–water partition coefficient (Wildman–Crippen LogP) is 8.65. The van der Waals surface area contributed by atoms with Gasteiger partial charge < -0.3 is 4.48 Å². The summed E-state index contributed by atoms with van der Waals surface area (Å²) in [7, 11) is 4.80. The number of halogens is 20. The molecule has 0 heterocycles. The smallest absolute Gasteiger partial charge is 0.200 e. The highest BCUT2D eigenvalue weighted by atomic mass is 19.2. The van der Waals surface area contributed by atoms with Gasteiger partial charge in [-0.3, -0.25) is 0 Å². The molecule has 4 aromatic carbocycles. The Bertz CT molecular complexity index is 1850. The van der Waals surface area contributed by atoms with Crippen LogP contribution in [0.1, 0.15) is 45.4 Å². The number of benzene rings is 4. The van der Waals surface area contributed by atoms with Crippen LogP contribution in [0.15, 0.2) is 0 Å². The maximum atomic E-state index is 15.4. The maximum Gasteiger partial charge on any atom is 0.200 e. The lowest BCUT2D eigenvalue weighted by molar-refractivity contribution is -0.916. The van der Waals surface area contributed by atoms with Gasteiger partial charge in [-0.05, 0) is 32.1 Å². The molecule has 0 aliphatic heterocycles. The zero-order valence-electron chi connectivity index (χ0n) is 29.1. The van der Waals surface area contributed by atoms with Gasteiger partial charge in [-0.25, -0.2) is 87.8 Å². The topological polar surface area (TPSA) is 0 Å². The Labute approximate surface area is 309 Å². The van der Waals surface area contributed by atoms with E-state index in [9.17, 15) is 52.7 Å². The first-order chi connectivity index (χ1) is 26.4. The molecule has 0 atom stereocenters. The van der Waals surface area contributed by atoms with E-state index >= 15 is 35.1 Å². The van der Waals surface area contributed by atoms with Crippen LogP contribution in [0.25, 0.3) is 0 Å². The van der Waals surface area contributed by atoms with Gasteiger partial charge in [0.15, 0.2) is 69.8 Å². The van der Waals surface area contributed by atoms with Crippen molar-refractivity contribution in [3.63, 3.8) is 0 Å². The minimum atomic E-state index is -7.22. The number of hydrogen-bond donors (Lipinski definition) is 0. The van der Waals surface area contributed by atoms with Crippen molar-refractivity contribution in [3.8, 4) is 0 Å². The average molecular weight is 849 g/mol. The lowest BCUT2D eigenvalue weighted by atomic mass is 9.12. The van der Waals surface area contributed by atoms with Crippen molar-refractivity contribution >= 4 is 28.0 Å². The molecule has 1 aliphatic rings. The Balaban J connectivity index is 0.000000512. The Morgan fingerprint density at radius 1 is 0.351 bits per heavy atom. The fourth-order valence-electron chi connectivity index (χ4n) is 7.41. The van der Waals surface area contributed by atoms with Crippen LogP contribution in [0.4, 0.5) is 87.8 Å². The van der Waals surface area contributed by atoms with Gasteiger partial charge in [-0.1, -0.05) is 13.3 Å². The summed E-state index contributed by atoms with van der Waals surface area (Å²) in [6.45, 7) is 3.65. The van der Waals surface area contributed by atoms with Crippen molar-refractivity contribution in [2.75, 3.05) is 20.6 Å². The molecule has 0 N–H and O–H groups in total. The van der Waals surface area contributed by atoms with Gasteiger partial charge in [0.2, 0.25) is 0 Å². The molecule has 1 saturated carbocycles. The van der Waals surface area contributed by atoms with Gasteiger partial charge in [0, 0.05) is 0 Å². The van der Waals surface area contributed by atoms with Crippen LogP contribution in [-0.4, -0.2) is 37.3 Å². The molecular weight excluding hydrogens is 825 g/mol. The first-order valence-electron chi connectivity index (χ1n) is 16.4. The molecule has 0 bridgehead atoms. The zero-order chi connectivity index (χ0) is 43.4. The van der Waals surface area contributed by atoms with Crippen molar-refractivity contribution in [1.29, 1.82) is 0 Å². The van der Waals surface area contributed by atoms with Gasteiger partial charge >= 0.3 is 0 Å². The molecule has 1 aliphatic carbocycles. The summed E-state index contributed by atoms with van der Waals surface area (Å²) in [6.07, 6.45) is 1.45. The molecule has 1 fully saturated rings. The summed E-state index contributed by atoms with van der Waals surface area (Å²) in [5, 5.41) is 0. The van der Waals surface area contributed by atoms with Crippen molar-refractivity contribution in [2.45, 2.75) is 51.5 Å². The Hall–Kier alpha value is -4.50. The molecule has 0 radical (unpaired) electrons. The summed E-state index contributed by atoms with van der Waals surface area (Å²) in [4.78, 5) is 0. The van der Waals surface area contributed by atoms with E-state index in [0.29, 0.717) is 0 Å². The molecule has 0 saturated heterocycles. The molecular formula is C35H24BF20N. The first-order valence-corrected chi connectivity index (χ1v) is 16.4. The molecule has 312 valence electrons. The molecule has 0 unspecified atom stereocenters. The van der Waals surface area contributed by atoms with E-state index in [0.717, 1.165) is 6.04 Å². The summed E-state index contributed by atoms with van der Waals surface area (Å²) in [5.74, 6) is -71.4. The summed E-state index contributed by atoms with van der Waals surface area (Å²) < 4.78 is 295. The predicted molar refractivity (Wildman–Crippen MR) is 163 cm³/mol. The van der Waals surface area contributed by atoms with E-state index in [2.05, 4.69) is 21.0 Å². The Kier molecular flexibility index (Phi) is 13.0. The molecule has 57 heavy (non-hydrogen) atoms. The van der Waals surface area contributed by atoms with Crippen LogP contribution in [0, 0.1) is 116 Å². The van der Waals surface area contributed by atoms with Crippen molar-refractivity contribution < 1.29 is 92.3 Å². The van der Waals surface area contributed by atoms with E-state index in [4.69, 9.17) is 0 Å². The summed E-state index contributed by atoms with van der Waals surface area (Å²) in [5.41, 5.74) is -14.3. The molecule has 1 nitrogen and oxygen atoms in total. The summed E-state index contributed by atoms with van der Waals surface area (Å²) in [6, 6.07) is 0.957. The van der Waals surface area contributed by atoms with E-state index in [1.807, 2.05) is 0 Å². The lowest BCUT2D eigenvalue weighted by Crippen LogP contribution is -2.81. The normalized spacial score (nSPS) is 13.9. The van der Waals surface area contributed by atoms with Gasteiger partial charge in [-0.2, -0.15) is 0 Å². The van der Waals surface area contributed by atoms with Crippen LogP contribution in [0.3, 0.4) is 0 Å². The van der Waals surface area contributed by atoms with Crippen LogP contribution >= 0.6 is 0 Å². The molecule has 4 aromatic rings. The lowest BCUT2D eigenvalue weighted by Gasteiger charge is -2.44. The largest absolute Gasteiger partial charge is 0.326 e. The number of rotatable bonds is 7. The second kappa shape index (κ2) is 16.4. The fraction of sp³-hybridized carbons (Fsp3) is 0.314. The first kappa shape index (κ1) is 45.2. The highest BCUT2D eigenvalue weighted by Gasteiger charge is 2.52. The SMILES string of the molecule is CCC[N+](C)(C)C1CCCCC1.Fc1c(F)c(F)c([B-](c2c(F)c(F)c(F)c(F)c2F)(c2c(F)c(F)c(F)c(F)c2F)c2c(F)c(F)c(F)c(F)c2F)c(F)c1F. The molecule has 22 heteroatoms. The second-order valence-electron chi connectivity index (χ2n) is 13.6. The summed E-state index contributed by atoms with van der Waals surface area (Å²) >= 11 is 0. The fourth-order valence-corrected chi connectivity index (χ4v) is 7.41. The Morgan fingerprint density at radius 2 is 0.544 bits per heavy atom. The van der Waals surface area contributed by atoms with Crippen LogP contribution < -0.4 is 21.9 Å². The van der Waals surface area contributed by atoms with E-state index in [-0.39, 0.29) is 0 Å². The molecule has 5 rings (SSSR count). The monoisotopic (exact) mass is 849 g/mol. The van der Waals surface area contributed by atoms with Crippen LogP contribution in [0.2, 0.25) is 0 Å². The third kappa shape index (κ3) is 7.08. The van der Waals surface area contributed by atoms with E-state index < -0.39 is 144 Å². The second-order valence-corrected chi connectivity index (χ2v) is 13.6. The third-order valence-electron chi connectivity index (χ3n) is 10.1. The molecule has 0 aromatic heterocycles. The van der Waals surface area contributed by atoms with Gasteiger partial charge in [0.25, 0.3) is 0 Å². The highest BCUT2D eigenvalue weighted by molar-refractivity contribution is 7.20. The minimum absolute atomic E-state index is 0.957. The quantitative estimate of drug-likeness (QED) is 0.0575. The van der Waals surface area contributed by atoms with Gasteiger partial charge in [-0.15, -0.1) is 21.9 Å². The average Bonchev–Trinajstić information content (AvgIpc) is 3.18. The minimum Gasteiger partial charge on any atom is -0.326 e. The van der Waals surface area contributed by atoms with Crippen molar-refractivity contribution in [2.24, 2.45) is 0 Å². The maximum absolute atomic E-state index is 15.4. The van der Waals surface area contributed by atoms with Gasteiger partial charge in [0.05, 0.1) is 26.7 Å². The van der Waals surface area contributed by atoms with E-state index in [1.54, 1.807) is 0 Å². The highest BCUT2D eigenvalue weighted by Crippen LogP contribution is 2.31. The number of quaternary nitrogens is 1. The molecule has 0 spiro atoms. The van der Waals surface area contributed by atoms with Gasteiger partial charge in [0.1, 0.15) is 52.7 Å². The molecule has 0 amide bonds. The number of hydrogen-bond acceptors (Lipinski definition) is 0. The standard InChI is InChI=1S/C24BF20.C11H24N/c26-5-1(6(27)14(35)21(42)13(5)34)25(2-7(28)15(36)22(43)16(37)8(2)29,3-9(30)17(38)23(44)18(39)10(3)31)4-11(32)19(40)24(45)20(41)12(4)33;1-4-10-12(2,3)11-8-6-5-7-9-11/h;11H,4-10H2,1-3H3/q-1;+1. The van der Waals surface area contributed by atoms with Crippen LogP contribution in [0.5, 0.6) is 0 Å². The Morgan fingerprint density at radius 3 is 0.737 bits per heavy atom. The zero-order valence-corrected chi connectivity index (χ0v) is 29.1. The number of nitrogens with zero attached hydrogens (tertiary/aromatic N) is 1. The van der Waals surface area contributed by atoms with Crippen molar-refractivity contribution in [1.82, 2.24) is 0 Å². The van der Waals surface area contributed by atoms with Crippen molar-refractivity contribution in [3.05, 3.63) is 116 Å². The van der Waals surface area contributed by atoms with E-state index in [1.165, 1.54) is 49.6 Å².